The highest BCUT2D eigenvalue weighted by atomic mass is 16.3. The lowest BCUT2D eigenvalue weighted by Crippen LogP contribution is -2.37. The Morgan fingerprint density at radius 2 is 2.07 bits per heavy atom. The molecule has 0 aromatic rings. The maximum Gasteiger partial charge on any atom is 0.237 e. The zero-order chi connectivity index (χ0) is 11.7. The summed E-state index contributed by atoms with van der Waals surface area (Å²) >= 11 is 0. The molecule has 0 aromatic heterocycles. The Balaban J connectivity index is 3.80. The van der Waals surface area contributed by atoms with Gasteiger partial charge in [-0.15, -0.1) is 0 Å². The number of nitrogens with two attached hydrogens (primary N) is 1. The van der Waals surface area contributed by atoms with E-state index in [0.29, 0.717) is 12.8 Å². The molecule has 0 spiro atoms. The Kier molecular flexibility index (Phi) is 8.33. The molecule has 15 heavy (non-hydrogen) atoms. The van der Waals surface area contributed by atoms with Crippen molar-refractivity contribution in [2.75, 3.05) is 0 Å². The summed E-state index contributed by atoms with van der Waals surface area (Å²) in [5, 5.41) is 9.70. The lowest BCUT2D eigenvalue weighted by molar-refractivity contribution is -0.126. The molecule has 4 N–H and O–H groups in total. The van der Waals surface area contributed by atoms with Gasteiger partial charge in [0.05, 0.1) is 6.10 Å². The third-order valence-corrected chi connectivity index (χ3v) is 2.70. The first kappa shape index (κ1) is 14.4. The summed E-state index contributed by atoms with van der Waals surface area (Å²) in [6, 6.07) is 0. The van der Waals surface area contributed by atoms with Gasteiger partial charge in [0.15, 0.2) is 0 Å². The van der Waals surface area contributed by atoms with E-state index in [-0.39, 0.29) is 17.9 Å². The number of aliphatic hydroxyl groups is 1. The molecule has 0 aliphatic heterocycles. The summed E-state index contributed by atoms with van der Waals surface area (Å²) in [6.45, 7) is 4.06. The van der Waals surface area contributed by atoms with Crippen LogP contribution < -0.4 is 11.3 Å². The van der Waals surface area contributed by atoms with E-state index in [0.717, 1.165) is 25.7 Å². The van der Waals surface area contributed by atoms with Gasteiger partial charge in [0.2, 0.25) is 5.91 Å². The molecule has 0 aliphatic carbocycles. The van der Waals surface area contributed by atoms with E-state index in [1.54, 1.807) is 0 Å². The number of unbranched alkanes of at least 4 members (excludes halogenated alkanes) is 2. The molecule has 0 radical (unpaired) electrons. The minimum Gasteiger partial charge on any atom is -0.393 e. The van der Waals surface area contributed by atoms with E-state index in [4.69, 9.17) is 5.84 Å². The fraction of sp³-hybridized carbons (Fsp3) is 0.909. The van der Waals surface area contributed by atoms with Crippen molar-refractivity contribution in [3.63, 3.8) is 0 Å². The third kappa shape index (κ3) is 6.47. The van der Waals surface area contributed by atoms with E-state index in [1.165, 1.54) is 0 Å². The Bertz CT molecular complexity index is 174. The lowest BCUT2D eigenvalue weighted by atomic mass is 9.95. The summed E-state index contributed by atoms with van der Waals surface area (Å²) in [5.74, 6) is 4.73. The molecule has 0 aliphatic rings. The quantitative estimate of drug-likeness (QED) is 0.248. The molecule has 2 unspecified atom stereocenters. The van der Waals surface area contributed by atoms with Crippen molar-refractivity contribution < 1.29 is 9.90 Å². The van der Waals surface area contributed by atoms with Crippen LogP contribution in [0, 0.1) is 5.92 Å². The third-order valence-electron chi connectivity index (χ3n) is 2.70. The second kappa shape index (κ2) is 8.68. The average Bonchev–Trinajstić information content (AvgIpc) is 2.25. The van der Waals surface area contributed by atoms with E-state index >= 15 is 0 Å². The number of rotatable bonds is 8. The van der Waals surface area contributed by atoms with Crippen LogP contribution in [0.3, 0.4) is 0 Å². The SMILES string of the molecule is CCCCCC(O)CC(CC)C(=O)NN. The largest absolute Gasteiger partial charge is 0.393 e. The van der Waals surface area contributed by atoms with Gasteiger partial charge in [-0.2, -0.15) is 0 Å². The van der Waals surface area contributed by atoms with Crippen LogP contribution in [-0.2, 0) is 4.79 Å². The highest BCUT2D eigenvalue weighted by Gasteiger charge is 2.19. The highest BCUT2D eigenvalue weighted by molar-refractivity contribution is 5.77. The normalized spacial score (nSPS) is 14.7. The van der Waals surface area contributed by atoms with Crippen LogP contribution in [0.4, 0.5) is 0 Å². The van der Waals surface area contributed by atoms with E-state index < -0.39 is 0 Å². The zero-order valence-corrected chi connectivity index (χ0v) is 9.83. The standard InChI is InChI=1S/C11H24N2O2/c1-3-5-6-7-10(14)8-9(4-2)11(15)13-12/h9-10,14H,3-8,12H2,1-2H3,(H,13,15). The monoisotopic (exact) mass is 216 g/mol. The first-order valence-electron chi connectivity index (χ1n) is 5.84. The zero-order valence-electron chi connectivity index (χ0n) is 9.83. The van der Waals surface area contributed by atoms with E-state index in [9.17, 15) is 9.90 Å². The highest BCUT2D eigenvalue weighted by Crippen LogP contribution is 2.15. The first-order valence-corrected chi connectivity index (χ1v) is 5.84. The predicted octanol–water partition coefficient (Wildman–Crippen LogP) is 1.33. The maximum atomic E-state index is 11.3. The van der Waals surface area contributed by atoms with Crippen molar-refractivity contribution in [1.29, 1.82) is 0 Å². The second-order valence-electron chi connectivity index (χ2n) is 4.00. The molecular weight excluding hydrogens is 192 g/mol. The van der Waals surface area contributed by atoms with Crippen LogP contribution in [-0.4, -0.2) is 17.1 Å². The summed E-state index contributed by atoms with van der Waals surface area (Å²) in [6.07, 6.45) is 4.95. The van der Waals surface area contributed by atoms with Gasteiger partial charge in [0, 0.05) is 5.92 Å². The maximum absolute atomic E-state index is 11.3. The average molecular weight is 216 g/mol. The number of carbonyl (C=O) groups excluding carboxylic acids is 1. The minimum atomic E-state index is -0.376. The number of aliphatic hydroxyl groups excluding tert-OH is 1. The van der Waals surface area contributed by atoms with Gasteiger partial charge in [0.1, 0.15) is 0 Å². The van der Waals surface area contributed by atoms with Crippen molar-refractivity contribution in [1.82, 2.24) is 5.43 Å². The smallest absolute Gasteiger partial charge is 0.237 e. The van der Waals surface area contributed by atoms with Gasteiger partial charge in [-0.1, -0.05) is 33.1 Å². The molecular formula is C11H24N2O2. The van der Waals surface area contributed by atoms with Crippen LogP contribution >= 0.6 is 0 Å². The Labute approximate surface area is 92.2 Å². The van der Waals surface area contributed by atoms with Gasteiger partial charge in [-0.3, -0.25) is 10.2 Å². The summed E-state index contributed by atoms with van der Waals surface area (Å²) in [7, 11) is 0. The molecule has 2 atom stereocenters. The molecule has 1 amide bonds. The molecule has 0 saturated heterocycles. The van der Waals surface area contributed by atoms with Crippen LogP contribution in [0.2, 0.25) is 0 Å². The van der Waals surface area contributed by atoms with Crippen molar-refractivity contribution in [2.24, 2.45) is 11.8 Å². The molecule has 0 heterocycles. The summed E-state index contributed by atoms with van der Waals surface area (Å²) in [5.41, 5.74) is 2.14. The van der Waals surface area contributed by atoms with Crippen molar-refractivity contribution in [2.45, 2.75) is 58.5 Å². The molecule has 90 valence electrons. The Morgan fingerprint density at radius 3 is 2.53 bits per heavy atom. The van der Waals surface area contributed by atoms with Gasteiger partial charge in [-0.25, -0.2) is 5.84 Å². The molecule has 0 rings (SSSR count). The summed E-state index contributed by atoms with van der Waals surface area (Å²) in [4.78, 5) is 11.3. The number of amides is 1. The molecule has 0 bridgehead atoms. The molecule has 0 fully saturated rings. The minimum absolute atomic E-state index is 0.161. The van der Waals surface area contributed by atoms with Gasteiger partial charge in [-0.05, 0) is 19.3 Å². The number of hydrogen-bond acceptors (Lipinski definition) is 3. The predicted molar refractivity (Wildman–Crippen MR) is 60.9 cm³/mol. The van der Waals surface area contributed by atoms with Crippen LogP contribution in [0.25, 0.3) is 0 Å². The topological polar surface area (TPSA) is 75.3 Å². The fourth-order valence-electron chi connectivity index (χ4n) is 1.65. The number of carbonyl (C=O) groups is 1. The fourth-order valence-corrected chi connectivity index (χ4v) is 1.65. The van der Waals surface area contributed by atoms with Gasteiger partial charge in [0.25, 0.3) is 0 Å². The van der Waals surface area contributed by atoms with E-state index in [1.807, 2.05) is 6.92 Å². The summed E-state index contributed by atoms with van der Waals surface area (Å²) < 4.78 is 0. The van der Waals surface area contributed by atoms with Crippen LogP contribution in [0.15, 0.2) is 0 Å². The second-order valence-corrected chi connectivity index (χ2v) is 4.00. The van der Waals surface area contributed by atoms with Gasteiger partial charge < -0.3 is 5.11 Å². The van der Waals surface area contributed by atoms with Crippen LogP contribution in [0.1, 0.15) is 52.4 Å². The number of hydrazine groups is 1. The van der Waals surface area contributed by atoms with Crippen molar-refractivity contribution in [3.8, 4) is 0 Å². The Hall–Kier alpha value is -0.610. The molecule has 4 nitrogen and oxygen atoms in total. The Morgan fingerprint density at radius 1 is 1.40 bits per heavy atom. The molecule has 0 aromatic carbocycles. The first-order chi connectivity index (χ1) is 7.15. The van der Waals surface area contributed by atoms with E-state index in [2.05, 4.69) is 12.3 Å². The van der Waals surface area contributed by atoms with Crippen molar-refractivity contribution in [3.05, 3.63) is 0 Å². The van der Waals surface area contributed by atoms with Crippen LogP contribution in [0.5, 0.6) is 0 Å². The molecule has 4 heteroatoms. The van der Waals surface area contributed by atoms with Gasteiger partial charge >= 0.3 is 0 Å². The number of nitrogens with one attached hydrogen (secondary N) is 1. The molecule has 0 saturated carbocycles. The van der Waals surface area contributed by atoms with Crippen molar-refractivity contribution >= 4 is 5.91 Å². The lowest BCUT2D eigenvalue weighted by Gasteiger charge is -2.17. The number of hydrogen-bond donors (Lipinski definition) is 3.